The van der Waals surface area contributed by atoms with Crippen LogP contribution in [0.15, 0.2) is 18.2 Å². The number of halogens is 6. The van der Waals surface area contributed by atoms with E-state index in [1.165, 1.54) is 0 Å². The molecule has 0 aliphatic rings. The van der Waals surface area contributed by atoms with E-state index in [4.69, 9.17) is 0 Å². The Kier molecular flexibility index (Phi) is 3.88. The summed E-state index contributed by atoms with van der Waals surface area (Å²) < 4.78 is 102. The van der Waals surface area contributed by atoms with E-state index in [0.717, 1.165) is 14.1 Å². The van der Waals surface area contributed by atoms with Crippen molar-refractivity contribution in [1.82, 2.24) is 13.3 Å². The SMILES string of the molecule is CN(C)S(=O)(=O)n1c(C(F)(F)F)nc2cc(C(F)(F)F)ccc21. The van der Waals surface area contributed by atoms with E-state index in [2.05, 4.69) is 4.98 Å². The quantitative estimate of drug-likeness (QED) is 0.773. The summed E-state index contributed by atoms with van der Waals surface area (Å²) in [4.78, 5) is 3.04. The molecule has 0 saturated heterocycles. The van der Waals surface area contributed by atoms with Crippen molar-refractivity contribution in [1.29, 1.82) is 0 Å². The number of hydrogen-bond donors (Lipinski definition) is 0. The van der Waals surface area contributed by atoms with Crippen LogP contribution in [0.4, 0.5) is 26.3 Å². The second-order valence-electron chi connectivity index (χ2n) is 4.69. The number of alkyl halides is 6. The molecule has 0 spiro atoms. The molecule has 0 unspecified atom stereocenters. The first-order chi connectivity index (χ1) is 10.3. The molecule has 0 fully saturated rings. The molecule has 0 aliphatic heterocycles. The molecule has 1 aromatic heterocycles. The second kappa shape index (κ2) is 5.09. The minimum absolute atomic E-state index is 0.123. The summed E-state index contributed by atoms with van der Waals surface area (Å²) in [5.74, 6) is -1.82. The highest BCUT2D eigenvalue weighted by Gasteiger charge is 2.42. The first kappa shape index (κ1) is 17.5. The van der Waals surface area contributed by atoms with Crippen molar-refractivity contribution in [3.8, 4) is 0 Å². The van der Waals surface area contributed by atoms with E-state index in [-0.39, 0.29) is 3.97 Å². The molecule has 0 atom stereocenters. The number of imidazole rings is 1. The normalized spacial score (nSPS) is 14.0. The van der Waals surface area contributed by atoms with Gasteiger partial charge in [-0.15, -0.1) is 0 Å². The van der Waals surface area contributed by atoms with E-state index in [9.17, 15) is 34.8 Å². The Bertz CT molecular complexity index is 851. The van der Waals surface area contributed by atoms with Gasteiger partial charge in [-0.1, -0.05) is 0 Å². The zero-order valence-electron chi connectivity index (χ0n) is 11.6. The fourth-order valence-electron chi connectivity index (χ4n) is 1.81. The molecule has 5 nitrogen and oxygen atoms in total. The average molecular weight is 361 g/mol. The molecule has 0 saturated carbocycles. The number of aromatic nitrogens is 2. The summed E-state index contributed by atoms with van der Waals surface area (Å²) >= 11 is 0. The third kappa shape index (κ3) is 3.00. The summed E-state index contributed by atoms with van der Waals surface area (Å²) in [5, 5.41) is 0. The minimum atomic E-state index is -5.17. The Morgan fingerprint density at radius 3 is 2.04 bits per heavy atom. The van der Waals surface area contributed by atoms with Crippen molar-refractivity contribution in [3.63, 3.8) is 0 Å². The maximum atomic E-state index is 13.0. The van der Waals surface area contributed by atoms with Gasteiger partial charge < -0.3 is 0 Å². The molecule has 1 heterocycles. The Morgan fingerprint density at radius 2 is 1.61 bits per heavy atom. The predicted octanol–water partition coefficient (Wildman–Crippen LogP) is 2.73. The van der Waals surface area contributed by atoms with Crippen LogP contribution < -0.4 is 0 Å². The van der Waals surface area contributed by atoms with Crippen LogP contribution in [0.5, 0.6) is 0 Å². The topological polar surface area (TPSA) is 55.2 Å². The zero-order chi connectivity index (χ0) is 17.8. The fraction of sp³-hybridized carbons (Fsp3) is 0.364. The highest BCUT2D eigenvalue weighted by Crippen LogP contribution is 2.36. The second-order valence-corrected chi connectivity index (χ2v) is 6.68. The van der Waals surface area contributed by atoms with Crippen LogP contribution in [0.1, 0.15) is 11.4 Å². The number of benzene rings is 1. The van der Waals surface area contributed by atoms with Crippen LogP contribution in [0.2, 0.25) is 0 Å². The lowest BCUT2D eigenvalue weighted by atomic mass is 10.2. The number of fused-ring (bicyclic) bond motifs is 1. The maximum absolute atomic E-state index is 13.0. The van der Waals surface area contributed by atoms with Crippen LogP contribution in [0.25, 0.3) is 11.0 Å². The largest absolute Gasteiger partial charge is 0.450 e. The Balaban J connectivity index is 2.89. The monoisotopic (exact) mass is 361 g/mol. The van der Waals surface area contributed by atoms with Gasteiger partial charge in [0, 0.05) is 14.1 Å². The third-order valence-electron chi connectivity index (χ3n) is 2.89. The van der Waals surface area contributed by atoms with Gasteiger partial charge in [-0.25, -0.2) is 8.96 Å². The van der Waals surface area contributed by atoms with E-state index in [0.29, 0.717) is 22.5 Å². The van der Waals surface area contributed by atoms with Crippen molar-refractivity contribution in [3.05, 3.63) is 29.6 Å². The minimum Gasteiger partial charge on any atom is -0.223 e. The Hall–Kier alpha value is -1.82. The van der Waals surface area contributed by atoms with Gasteiger partial charge in [0.25, 0.3) is 0 Å². The molecule has 2 rings (SSSR count). The third-order valence-corrected chi connectivity index (χ3v) is 4.64. The number of nitrogens with zero attached hydrogens (tertiary/aromatic N) is 3. The molecule has 23 heavy (non-hydrogen) atoms. The van der Waals surface area contributed by atoms with Gasteiger partial charge in [-0.3, -0.25) is 0 Å². The predicted molar refractivity (Wildman–Crippen MR) is 67.7 cm³/mol. The van der Waals surface area contributed by atoms with E-state index in [1.807, 2.05) is 0 Å². The van der Waals surface area contributed by atoms with Crippen molar-refractivity contribution < 1.29 is 34.8 Å². The highest BCUT2D eigenvalue weighted by molar-refractivity contribution is 7.87. The summed E-state index contributed by atoms with van der Waals surface area (Å²) in [7, 11) is -2.65. The van der Waals surface area contributed by atoms with Gasteiger partial charge >= 0.3 is 22.6 Å². The molecular weight excluding hydrogens is 352 g/mol. The number of hydrogen-bond acceptors (Lipinski definition) is 3. The molecule has 0 aliphatic carbocycles. The van der Waals surface area contributed by atoms with Crippen LogP contribution in [-0.4, -0.2) is 35.8 Å². The van der Waals surface area contributed by atoms with Gasteiger partial charge in [0.15, 0.2) is 0 Å². The standard InChI is InChI=1S/C11H9F6N3O2S/c1-19(2)23(21,22)20-8-4-3-6(10(12,13)14)5-7(8)18-9(20)11(15,16)17/h3-5H,1-2H3. The summed E-state index contributed by atoms with van der Waals surface area (Å²) in [6.45, 7) is 0. The summed E-state index contributed by atoms with van der Waals surface area (Å²) in [6.07, 6.45) is -9.96. The molecule has 12 heteroatoms. The highest BCUT2D eigenvalue weighted by atomic mass is 32.2. The van der Waals surface area contributed by atoms with E-state index >= 15 is 0 Å². The van der Waals surface area contributed by atoms with Crippen molar-refractivity contribution in [2.24, 2.45) is 0 Å². The summed E-state index contributed by atoms with van der Waals surface area (Å²) in [6, 6.07) is 1.50. The maximum Gasteiger partial charge on any atom is 0.450 e. The lowest BCUT2D eigenvalue weighted by Gasteiger charge is -2.16. The molecule has 128 valence electrons. The lowest BCUT2D eigenvalue weighted by molar-refractivity contribution is -0.145. The Morgan fingerprint density at radius 1 is 1.04 bits per heavy atom. The first-order valence-corrected chi connectivity index (χ1v) is 7.26. The summed E-state index contributed by atoms with van der Waals surface area (Å²) in [5.41, 5.74) is -2.55. The number of rotatable bonds is 2. The van der Waals surface area contributed by atoms with Crippen molar-refractivity contribution in [2.45, 2.75) is 12.4 Å². The van der Waals surface area contributed by atoms with Gasteiger partial charge in [-0.2, -0.15) is 39.1 Å². The molecule has 0 bridgehead atoms. The smallest absolute Gasteiger partial charge is 0.223 e. The first-order valence-electron chi connectivity index (χ1n) is 5.86. The van der Waals surface area contributed by atoms with Gasteiger partial charge in [0.05, 0.1) is 16.6 Å². The van der Waals surface area contributed by atoms with Gasteiger partial charge in [0.1, 0.15) is 0 Å². The molecule has 0 amide bonds. The zero-order valence-corrected chi connectivity index (χ0v) is 12.4. The van der Waals surface area contributed by atoms with Gasteiger partial charge in [0.2, 0.25) is 5.82 Å². The molecule has 0 N–H and O–H groups in total. The van der Waals surface area contributed by atoms with Crippen LogP contribution in [-0.2, 0) is 22.6 Å². The van der Waals surface area contributed by atoms with Crippen LogP contribution in [0.3, 0.4) is 0 Å². The molecule has 2 aromatic rings. The van der Waals surface area contributed by atoms with Crippen molar-refractivity contribution >= 4 is 21.2 Å². The van der Waals surface area contributed by atoms with E-state index < -0.39 is 45.0 Å². The van der Waals surface area contributed by atoms with Crippen molar-refractivity contribution in [2.75, 3.05) is 14.1 Å². The van der Waals surface area contributed by atoms with Crippen LogP contribution in [0, 0.1) is 0 Å². The lowest BCUT2D eigenvalue weighted by Crippen LogP contribution is -2.32. The average Bonchev–Trinajstić information content (AvgIpc) is 2.76. The Labute approximate surface area is 126 Å². The molecular formula is C11H9F6N3O2S. The molecule has 0 radical (unpaired) electrons. The van der Waals surface area contributed by atoms with Crippen LogP contribution >= 0.6 is 0 Å². The van der Waals surface area contributed by atoms with Gasteiger partial charge in [-0.05, 0) is 18.2 Å². The van der Waals surface area contributed by atoms with E-state index in [1.54, 1.807) is 0 Å². The fourth-order valence-corrected chi connectivity index (χ4v) is 2.90. The molecule has 1 aromatic carbocycles.